The van der Waals surface area contributed by atoms with Crippen molar-refractivity contribution in [1.82, 2.24) is 4.90 Å². The molecule has 0 radical (unpaired) electrons. The van der Waals surface area contributed by atoms with Crippen LogP contribution in [0.2, 0.25) is 5.02 Å². The third-order valence-corrected chi connectivity index (χ3v) is 7.57. The van der Waals surface area contributed by atoms with E-state index < -0.39 is 24.5 Å². The highest BCUT2D eigenvalue weighted by Crippen LogP contribution is 2.52. The first kappa shape index (κ1) is 21.1. The zero-order valence-electron chi connectivity index (χ0n) is 16.4. The summed E-state index contributed by atoms with van der Waals surface area (Å²) in [5, 5.41) is 3.11. The summed E-state index contributed by atoms with van der Waals surface area (Å²) in [5.74, 6) is -2.61. The largest absolute Gasteiger partial charge is 0.454 e. The summed E-state index contributed by atoms with van der Waals surface area (Å²) in [6.45, 7) is 2.66. The van der Waals surface area contributed by atoms with Gasteiger partial charge in [-0.3, -0.25) is 19.3 Å². The number of amides is 3. The van der Waals surface area contributed by atoms with Gasteiger partial charge in [0.2, 0.25) is 11.8 Å². The molecule has 1 saturated heterocycles. The minimum absolute atomic E-state index is 0.0661. The molecule has 1 aromatic rings. The summed E-state index contributed by atoms with van der Waals surface area (Å²) in [6.07, 6.45) is 4.80. The van der Waals surface area contributed by atoms with Crippen molar-refractivity contribution < 1.29 is 23.9 Å². The minimum atomic E-state index is -1.08. The Morgan fingerprint density at radius 1 is 1.23 bits per heavy atom. The summed E-state index contributed by atoms with van der Waals surface area (Å²) in [5.41, 5.74) is 1.17. The summed E-state index contributed by atoms with van der Waals surface area (Å²) in [6, 6.07) is 2.30. The molecule has 2 bridgehead atoms. The van der Waals surface area contributed by atoms with Crippen LogP contribution in [0.15, 0.2) is 28.8 Å². The van der Waals surface area contributed by atoms with Crippen molar-refractivity contribution in [2.45, 2.75) is 26.3 Å². The van der Waals surface area contributed by atoms with Crippen molar-refractivity contribution in [2.24, 2.45) is 23.7 Å². The number of carbonyl (C=O) groups excluding carboxylic acids is 4. The zero-order valence-corrected chi connectivity index (χ0v) is 18.7. The Bertz CT molecular complexity index is 964. The quantitative estimate of drug-likeness (QED) is 0.385. The second kappa shape index (κ2) is 7.81. The number of halogens is 2. The van der Waals surface area contributed by atoms with E-state index in [9.17, 15) is 19.2 Å². The van der Waals surface area contributed by atoms with E-state index in [0.717, 1.165) is 11.3 Å². The first-order valence-electron chi connectivity index (χ1n) is 9.67. The van der Waals surface area contributed by atoms with Gasteiger partial charge in [0, 0.05) is 10.2 Å². The molecule has 2 aliphatic carbocycles. The minimum Gasteiger partial charge on any atom is -0.454 e. The van der Waals surface area contributed by atoms with Gasteiger partial charge in [0.1, 0.15) is 6.04 Å². The van der Waals surface area contributed by atoms with Crippen molar-refractivity contribution in [1.29, 1.82) is 0 Å². The topological polar surface area (TPSA) is 92.8 Å². The van der Waals surface area contributed by atoms with Gasteiger partial charge in [-0.2, -0.15) is 0 Å². The van der Waals surface area contributed by atoms with Crippen LogP contribution in [0.3, 0.4) is 0 Å². The monoisotopic (exact) mass is 494 g/mol. The fourth-order valence-corrected chi connectivity index (χ4v) is 5.24. The molecule has 1 saturated carbocycles. The van der Waals surface area contributed by atoms with Crippen molar-refractivity contribution in [3.8, 4) is 0 Å². The number of anilines is 1. The molecule has 5 atom stereocenters. The Hall–Kier alpha value is -2.19. The van der Waals surface area contributed by atoms with Gasteiger partial charge in [-0.05, 0) is 65.7 Å². The lowest BCUT2D eigenvalue weighted by Crippen LogP contribution is -2.45. The van der Waals surface area contributed by atoms with Gasteiger partial charge in [0.15, 0.2) is 6.61 Å². The molecule has 1 aromatic carbocycles. The molecule has 1 aliphatic heterocycles. The number of esters is 1. The van der Waals surface area contributed by atoms with Crippen LogP contribution in [0.25, 0.3) is 0 Å². The predicted molar refractivity (Wildman–Crippen MR) is 113 cm³/mol. The van der Waals surface area contributed by atoms with Gasteiger partial charge < -0.3 is 10.1 Å². The molecule has 1 N–H and O–H groups in total. The number of fused-ring (bicyclic) bond motifs is 5. The molecule has 158 valence electrons. The number of likely N-dealkylation sites (tertiary alicyclic amines) is 1. The van der Waals surface area contributed by atoms with Gasteiger partial charge in [0.25, 0.3) is 5.91 Å². The number of imide groups is 1. The smallest absolute Gasteiger partial charge is 0.329 e. The highest BCUT2D eigenvalue weighted by Gasteiger charge is 2.60. The molecular weight excluding hydrogens is 476 g/mol. The lowest BCUT2D eigenvalue weighted by atomic mass is 9.85. The van der Waals surface area contributed by atoms with Crippen LogP contribution in [0, 0.1) is 30.6 Å². The van der Waals surface area contributed by atoms with Gasteiger partial charge >= 0.3 is 5.97 Å². The fourth-order valence-electron chi connectivity index (χ4n) is 4.64. The average molecular weight is 496 g/mol. The van der Waals surface area contributed by atoms with Crippen molar-refractivity contribution in [3.05, 3.63) is 39.3 Å². The molecule has 2 fully saturated rings. The van der Waals surface area contributed by atoms with Crippen molar-refractivity contribution >= 4 is 56.9 Å². The Morgan fingerprint density at radius 2 is 1.83 bits per heavy atom. The van der Waals surface area contributed by atoms with Crippen LogP contribution in [0.5, 0.6) is 0 Å². The zero-order chi connectivity index (χ0) is 21.7. The number of carbonyl (C=O) groups is 4. The average Bonchev–Trinajstić information content (AvgIpc) is 3.40. The summed E-state index contributed by atoms with van der Waals surface area (Å²) < 4.78 is 5.78. The van der Waals surface area contributed by atoms with Crippen molar-refractivity contribution in [2.75, 3.05) is 11.9 Å². The van der Waals surface area contributed by atoms with Crippen LogP contribution in [0.1, 0.15) is 18.9 Å². The van der Waals surface area contributed by atoms with Gasteiger partial charge in [-0.25, -0.2) is 4.79 Å². The van der Waals surface area contributed by atoms with E-state index in [1.165, 1.54) is 6.92 Å². The SMILES string of the molecule is Cc1c(NC(=O)COC(=O)[C@@H](C)N2C(=O)[C@@H]3[C@H](C2=O)[C@H]2C=C[C@H]3C2)ccc(Br)c1Cl. The second-order valence-corrected chi connectivity index (χ2v) is 9.14. The van der Waals surface area contributed by atoms with E-state index in [1.54, 1.807) is 19.1 Å². The maximum atomic E-state index is 12.8. The number of nitrogens with one attached hydrogen (secondary N) is 1. The lowest BCUT2D eigenvalue weighted by molar-refractivity contribution is -0.159. The van der Waals surface area contributed by atoms with Crippen LogP contribution < -0.4 is 5.32 Å². The van der Waals surface area contributed by atoms with Gasteiger partial charge in [-0.1, -0.05) is 23.8 Å². The van der Waals surface area contributed by atoms with Gasteiger partial charge in [-0.15, -0.1) is 0 Å². The standard InChI is InChI=1S/C21H20BrClN2O5/c1-9-14(6-5-13(22)18(9)23)24-15(26)8-30-21(29)10(2)25-19(27)16-11-3-4-12(7-11)17(16)20(25)28/h3-6,10-12,16-17H,7-8H2,1-2H3,(H,24,26)/t10-,11+,12+,16-,17+/m1/s1. The molecule has 0 aromatic heterocycles. The van der Waals surface area contributed by atoms with Gasteiger partial charge in [0.05, 0.1) is 16.9 Å². The van der Waals surface area contributed by atoms with Crippen molar-refractivity contribution in [3.63, 3.8) is 0 Å². The number of hydrogen-bond acceptors (Lipinski definition) is 5. The van der Waals surface area contributed by atoms with E-state index >= 15 is 0 Å². The third-order valence-electron chi connectivity index (χ3n) is 6.19. The van der Waals surface area contributed by atoms with E-state index in [0.29, 0.717) is 20.7 Å². The Morgan fingerprint density at radius 3 is 2.43 bits per heavy atom. The lowest BCUT2D eigenvalue weighted by Gasteiger charge is -2.23. The predicted octanol–water partition coefficient (Wildman–Crippen LogP) is 3.09. The highest BCUT2D eigenvalue weighted by molar-refractivity contribution is 9.10. The number of ether oxygens (including phenoxy) is 1. The third kappa shape index (κ3) is 3.36. The number of allylic oxidation sites excluding steroid dienone is 2. The molecule has 30 heavy (non-hydrogen) atoms. The molecule has 3 aliphatic rings. The fraction of sp³-hybridized carbons (Fsp3) is 0.429. The summed E-state index contributed by atoms with van der Waals surface area (Å²) in [4.78, 5) is 51.2. The molecule has 1 heterocycles. The first-order valence-corrected chi connectivity index (χ1v) is 10.8. The molecular formula is C21H20BrClN2O5. The van der Waals surface area contributed by atoms with E-state index in [4.69, 9.17) is 16.3 Å². The molecule has 0 spiro atoms. The maximum absolute atomic E-state index is 12.8. The molecule has 7 nitrogen and oxygen atoms in total. The Balaban J connectivity index is 1.35. The number of nitrogens with zero attached hydrogens (tertiary/aromatic N) is 1. The summed E-state index contributed by atoms with van der Waals surface area (Å²) >= 11 is 9.45. The Labute approximate surface area is 186 Å². The Kier molecular flexibility index (Phi) is 5.48. The van der Waals surface area contributed by atoms with E-state index in [-0.39, 0.29) is 35.5 Å². The van der Waals surface area contributed by atoms with Crippen LogP contribution in [-0.4, -0.2) is 41.2 Å². The normalized spacial score (nSPS) is 27.4. The molecule has 4 rings (SSSR count). The number of hydrogen-bond donors (Lipinski definition) is 1. The van der Waals surface area contributed by atoms with E-state index in [2.05, 4.69) is 21.2 Å². The number of rotatable bonds is 5. The highest BCUT2D eigenvalue weighted by atomic mass is 79.9. The summed E-state index contributed by atoms with van der Waals surface area (Å²) in [7, 11) is 0. The molecule has 9 heteroatoms. The van der Waals surface area contributed by atoms with E-state index in [1.807, 2.05) is 12.2 Å². The van der Waals surface area contributed by atoms with Crippen LogP contribution in [-0.2, 0) is 23.9 Å². The maximum Gasteiger partial charge on any atom is 0.329 e. The number of benzene rings is 1. The molecule has 0 unspecified atom stereocenters. The van der Waals surface area contributed by atoms with Crippen LogP contribution >= 0.6 is 27.5 Å². The molecule has 3 amide bonds. The van der Waals surface area contributed by atoms with Crippen LogP contribution in [0.4, 0.5) is 5.69 Å². The second-order valence-electron chi connectivity index (χ2n) is 7.91. The first-order chi connectivity index (χ1) is 14.2.